The van der Waals surface area contributed by atoms with E-state index in [2.05, 4.69) is 20.3 Å². The van der Waals surface area contributed by atoms with E-state index in [1.807, 2.05) is 50.2 Å². The molecule has 8 heteroatoms. The molecule has 3 aromatic heterocycles. The fourth-order valence-electron chi connectivity index (χ4n) is 3.00. The molecule has 0 saturated carbocycles. The van der Waals surface area contributed by atoms with E-state index in [0.29, 0.717) is 35.4 Å². The standard InChI is InChI=1S/C24H22N4O3S/c1-3-30-19-8-6-18(7-9-19)24-27-16(2)21(32-24)23(29)28-22-20(5-4-12-26-22)31-15-17-10-13-25-14-11-17/h4-14H,3,15H2,1-2H3,(H,26,28,29). The number of hydrogen-bond donors (Lipinski definition) is 1. The smallest absolute Gasteiger partial charge is 0.268 e. The van der Waals surface area contributed by atoms with Crippen molar-refractivity contribution in [3.05, 3.63) is 83.3 Å². The number of benzene rings is 1. The van der Waals surface area contributed by atoms with Crippen molar-refractivity contribution in [2.75, 3.05) is 11.9 Å². The van der Waals surface area contributed by atoms with E-state index in [1.54, 1.807) is 30.7 Å². The van der Waals surface area contributed by atoms with Gasteiger partial charge in [-0.3, -0.25) is 9.78 Å². The first-order chi connectivity index (χ1) is 15.6. The minimum Gasteiger partial charge on any atom is -0.494 e. The summed E-state index contributed by atoms with van der Waals surface area (Å²) in [5.41, 5.74) is 2.56. The molecule has 7 nitrogen and oxygen atoms in total. The molecule has 0 bridgehead atoms. The van der Waals surface area contributed by atoms with E-state index >= 15 is 0 Å². The highest BCUT2D eigenvalue weighted by atomic mass is 32.1. The second kappa shape index (κ2) is 10.0. The lowest BCUT2D eigenvalue weighted by atomic mass is 10.2. The van der Waals surface area contributed by atoms with Crippen LogP contribution in [0, 0.1) is 6.92 Å². The number of nitrogens with one attached hydrogen (secondary N) is 1. The number of ether oxygens (including phenoxy) is 2. The average molecular weight is 447 g/mol. The second-order valence-electron chi connectivity index (χ2n) is 6.84. The van der Waals surface area contributed by atoms with E-state index in [-0.39, 0.29) is 5.91 Å². The highest BCUT2D eigenvalue weighted by molar-refractivity contribution is 7.17. The number of carbonyl (C=O) groups is 1. The summed E-state index contributed by atoms with van der Waals surface area (Å²) in [7, 11) is 0. The van der Waals surface area contributed by atoms with Gasteiger partial charge in [0.25, 0.3) is 5.91 Å². The molecular weight excluding hydrogens is 424 g/mol. The van der Waals surface area contributed by atoms with Crippen LogP contribution in [0.1, 0.15) is 27.9 Å². The Morgan fingerprint density at radius 3 is 2.56 bits per heavy atom. The Balaban J connectivity index is 1.49. The molecule has 162 valence electrons. The number of amides is 1. The summed E-state index contributed by atoms with van der Waals surface area (Å²) in [4.78, 5) is 26.4. The summed E-state index contributed by atoms with van der Waals surface area (Å²) in [6, 6.07) is 15.0. The van der Waals surface area contributed by atoms with Gasteiger partial charge in [-0.05, 0) is 67.9 Å². The summed E-state index contributed by atoms with van der Waals surface area (Å²) in [6.07, 6.45) is 5.03. The molecule has 0 aliphatic carbocycles. The fraction of sp³-hybridized carbons (Fsp3) is 0.167. The first-order valence-corrected chi connectivity index (χ1v) is 10.9. The van der Waals surface area contributed by atoms with Gasteiger partial charge in [0.05, 0.1) is 12.3 Å². The number of anilines is 1. The summed E-state index contributed by atoms with van der Waals surface area (Å²) < 4.78 is 11.4. The van der Waals surface area contributed by atoms with E-state index in [1.165, 1.54) is 11.3 Å². The molecule has 0 fully saturated rings. The highest BCUT2D eigenvalue weighted by Gasteiger charge is 2.18. The van der Waals surface area contributed by atoms with Crippen LogP contribution in [0.15, 0.2) is 67.1 Å². The molecule has 0 saturated heterocycles. The number of carbonyl (C=O) groups excluding carboxylic acids is 1. The molecule has 4 rings (SSSR count). The molecule has 32 heavy (non-hydrogen) atoms. The number of aromatic nitrogens is 3. The molecule has 3 heterocycles. The van der Waals surface area contributed by atoms with Gasteiger partial charge in [-0.2, -0.15) is 0 Å². The number of nitrogens with zero attached hydrogens (tertiary/aromatic N) is 3. The van der Waals surface area contributed by atoms with Crippen LogP contribution < -0.4 is 14.8 Å². The van der Waals surface area contributed by atoms with Crippen molar-refractivity contribution in [3.63, 3.8) is 0 Å². The third-order valence-electron chi connectivity index (χ3n) is 4.56. The maximum Gasteiger partial charge on any atom is 0.268 e. The van der Waals surface area contributed by atoms with Gasteiger partial charge in [0.15, 0.2) is 11.6 Å². The van der Waals surface area contributed by atoms with Gasteiger partial charge in [-0.1, -0.05) is 0 Å². The normalized spacial score (nSPS) is 10.6. The van der Waals surface area contributed by atoms with E-state index in [4.69, 9.17) is 9.47 Å². The molecule has 1 amide bonds. The Labute approximate surface area is 190 Å². The van der Waals surface area contributed by atoms with Crippen molar-refractivity contribution in [2.45, 2.75) is 20.5 Å². The maximum absolute atomic E-state index is 13.0. The third-order valence-corrected chi connectivity index (χ3v) is 5.77. The second-order valence-corrected chi connectivity index (χ2v) is 7.84. The molecule has 0 aliphatic heterocycles. The largest absolute Gasteiger partial charge is 0.494 e. The van der Waals surface area contributed by atoms with Crippen molar-refractivity contribution in [1.29, 1.82) is 0 Å². The Bertz CT molecular complexity index is 1190. The molecule has 4 aromatic rings. The Kier molecular flexibility index (Phi) is 6.72. The first-order valence-electron chi connectivity index (χ1n) is 10.1. The summed E-state index contributed by atoms with van der Waals surface area (Å²) in [6.45, 7) is 4.73. The van der Waals surface area contributed by atoms with Crippen LogP contribution in [0.25, 0.3) is 10.6 Å². The number of rotatable bonds is 8. The summed E-state index contributed by atoms with van der Waals surface area (Å²) in [5.74, 6) is 1.38. The Hall–Kier alpha value is -3.78. The van der Waals surface area contributed by atoms with Crippen LogP contribution in [0.2, 0.25) is 0 Å². The van der Waals surface area contributed by atoms with Gasteiger partial charge in [0, 0.05) is 24.2 Å². The predicted octanol–water partition coefficient (Wildman–Crippen LogP) is 5.14. The molecule has 0 aliphatic rings. The molecule has 0 spiro atoms. The van der Waals surface area contributed by atoms with Crippen molar-refractivity contribution < 1.29 is 14.3 Å². The Morgan fingerprint density at radius 2 is 1.81 bits per heavy atom. The van der Waals surface area contributed by atoms with Crippen LogP contribution >= 0.6 is 11.3 Å². The number of hydrogen-bond acceptors (Lipinski definition) is 7. The van der Waals surface area contributed by atoms with E-state index in [0.717, 1.165) is 21.9 Å². The molecule has 0 unspecified atom stereocenters. The van der Waals surface area contributed by atoms with Crippen LogP contribution in [0.3, 0.4) is 0 Å². The minimum atomic E-state index is -0.273. The number of aryl methyl sites for hydroxylation is 1. The molecular formula is C24H22N4O3S. The van der Waals surface area contributed by atoms with E-state index < -0.39 is 0 Å². The zero-order valence-corrected chi connectivity index (χ0v) is 18.6. The fourth-order valence-corrected chi connectivity index (χ4v) is 3.96. The van der Waals surface area contributed by atoms with Gasteiger partial charge >= 0.3 is 0 Å². The zero-order valence-electron chi connectivity index (χ0n) is 17.7. The van der Waals surface area contributed by atoms with Crippen molar-refractivity contribution >= 4 is 23.1 Å². The lowest BCUT2D eigenvalue weighted by Crippen LogP contribution is -2.13. The summed E-state index contributed by atoms with van der Waals surface area (Å²) >= 11 is 1.34. The molecule has 1 aromatic carbocycles. The monoisotopic (exact) mass is 446 g/mol. The minimum absolute atomic E-state index is 0.273. The number of thiazole rings is 1. The Morgan fingerprint density at radius 1 is 1.03 bits per heavy atom. The lowest BCUT2D eigenvalue weighted by molar-refractivity contribution is 0.102. The number of pyridine rings is 2. The van der Waals surface area contributed by atoms with Crippen LogP contribution in [0.5, 0.6) is 11.5 Å². The first kappa shape index (κ1) is 21.5. The van der Waals surface area contributed by atoms with Gasteiger partial charge in [-0.25, -0.2) is 9.97 Å². The van der Waals surface area contributed by atoms with Gasteiger partial charge in [0.2, 0.25) is 0 Å². The van der Waals surface area contributed by atoms with Crippen LogP contribution in [-0.2, 0) is 6.61 Å². The van der Waals surface area contributed by atoms with Crippen molar-refractivity contribution in [3.8, 4) is 22.1 Å². The van der Waals surface area contributed by atoms with Crippen LogP contribution in [-0.4, -0.2) is 27.5 Å². The van der Waals surface area contributed by atoms with Crippen molar-refractivity contribution in [1.82, 2.24) is 15.0 Å². The highest BCUT2D eigenvalue weighted by Crippen LogP contribution is 2.30. The van der Waals surface area contributed by atoms with Crippen molar-refractivity contribution in [2.24, 2.45) is 0 Å². The SMILES string of the molecule is CCOc1ccc(-c2nc(C)c(C(=O)Nc3ncccc3OCc3ccncc3)s2)cc1. The topological polar surface area (TPSA) is 86.2 Å². The van der Waals surface area contributed by atoms with Crippen LogP contribution in [0.4, 0.5) is 5.82 Å². The average Bonchev–Trinajstić information content (AvgIpc) is 3.21. The quantitative estimate of drug-likeness (QED) is 0.403. The molecule has 0 atom stereocenters. The molecule has 1 N–H and O–H groups in total. The van der Waals surface area contributed by atoms with Gasteiger partial charge in [0.1, 0.15) is 22.2 Å². The zero-order chi connectivity index (χ0) is 22.3. The van der Waals surface area contributed by atoms with Gasteiger partial charge < -0.3 is 14.8 Å². The maximum atomic E-state index is 13.0. The third kappa shape index (κ3) is 5.09. The lowest BCUT2D eigenvalue weighted by Gasteiger charge is -2.11. The van der Waals surface area contributed by atoms with Gasteiger partial charge in [-0.15, -0.1) is 11.3 Å². The predicted molar refractivity (Wildman–Crippen MR) is 124 cm³/mol. The summed E-state index contributed by atoms with van der Waals surface area (Å²) in [5, 5.41) is 3.63. The molecule has 0 radical (unpaired) electrons. The van der Waals surface area contributed by atoms with E-state index in [9.17, 15) is 4.79 Å².